The average molecular weight is 381 g/mol. The molecule has 0 bridgehead atoms. The molecule has 3 rings (SSSR count). The number of rotatable bonds is 8. The highest BCUT2D eigenvalue weighted by Gasteiger charge is 2.34. The van der Waals surface area contributed by atoms with E-state index in [1.165, 1.54) is 11.3 Å². The van der Waals surface area contributed by atoms with Crippen LogP contribution in [0.3, 0.4) is 0 Å². The second kappa shape index (κ2) is 8.77. The van der Waals surface area contributed by atoms with Gasteiger partial charge in [-0.15, -0.1) is 10.2 Å². The fourth-order valence-corrected chi connectivity index (χ4v) is 4.51. The average Bonchev–Trinajstić information content (AvgIpc) is 3.37. The van der Waals surface area contributed by atoms with E-state index < -0.39 is 0 Å². The van der Waals surface area contributed by atoms with Gasteiger partial charge in [-0.3, -0.25) is 14.5 Å². The van der Waals surface area contributed by atoms with Crippen molar-refractivity contribution in [2.24, 2.45) is 0 Å². The molecule has 144 valence electrons. The summed E-state index contributed by atoms with van der Waals surface area (Å²) in [5.41, 5.74) is 0. The summed E-state index contributed by atoms with van der Waals surface area (Å²) in [6.45, 7) is 9.28. The zero-order valence-electron chi connectivity index (χ0n) is 15.6. The first-order valence-corrected chi connectivity index (χ1v) is 10.4. The van der Waals surface area contributed by atoms with Crippen LogP contribution in [-0.2, 0) is 9.59 Å². The summed E-state index contributed by atoms with van der Waals surface area (Å²) in [5.74, 6) is 0.170. The first-order chi connectivity index (χ1) is 12.6. The van der Waals surface area contributed by atoms with Crippen LogP contribution in [0.25, 0.3) is 0 Å². The lowest BCUT2D eigenvalue weighted by Crippen LogP contribution is -2.45. The summed E-state index contributed by atoms with van der Waals surface area (Å²) in [4.78, 5) is 30.5. The van der Waals surface area contributed by atoms with E-state index >= 15 is 0 Å². The number of nitrogens with one attached hydrogen (secondary N) is 1. The molecule has 2 saturated heterocycles. The number of amides is 2. The van der Waals surface area contributed by atoms with Crippen molar-refractivity contribution in [1.29, 1.82) is 0 Å². The predicted molar refractivity (Wildman–Crippen MR) is 103 cm³/mol. The minimum atomic E-state index is -0.193. The number of hydrogen-bond donors (Lipinski definition) is 1. The molecule has 2 amide bonds. The quantitative estimate of drug-likeness (QED) is 0.727. The maximum absolute atomic E-state index is 12.6. The van der Waals surface area contributed by atoms with Crippen LogP contribution < -0.4 is 15.1 Å². The SMILES string of the molecule is CCN(CC)CCNC(=O)C1CCCN1c1nnc(N2CCCC2=O)s1. The molecule has 1 N–H and O–H groups in total. The smallest absolute Gasteiger partial charge is 0.242 e. The maximum atomic E-state index is 12.6. The Hall–Kier alpha value is -1.74. The zero-order valence-corrected chi connectivity index (χ0v) is 16.4. The van der Waals surface area contributed by atoms with Gasteiger partial charge in [0, 0.05) is 32.6 Å². The standard InChI is InChI=1S/C17H28N6O2S/c1-3-21(4-2)12-9-18-15(25)13-7-5-10-22(13)16-19-20-17(26-16)23-11-6-8-14(23)24/h13H,3-12H2,1-2H3,(H,18,25). The van der Waals surface area contributed by atoms with E-state index in [1.807, 2.05) is 4.90 Å². The molecule has 9 heteroatoms. The summed E-state index contributed by atoms with van der Waals surface area (Å²) < 4.78 is 0. The monoisotopic (exact) mass is 380 g/mol. The molecule has 2 fully saturated rings. The Kier molecular flexibility index (Phi) is 6.42. The van der Waals surface area contributed by atoms with E-state index in [1.54, 1.807) is 4.90 Å². The largest absolute Gasteiger partial charge is 0.353 e. The summed E-state index contributed by atoms with van der Waals surface area (Å²) in [7, 11) is 0. The van der Waals surface area contributed by atoms with Gasteiger partial charge >= 0.3 is 0 Å². The van der Waals surface area contributed by atoms with Gasteiger partial charge in [0.2, 0.25) is 22.1 Å². The minimum Gasteiger partial charge on any atom is -0.353 e. The van der Waals surface area contributed by atoms with Gasteiger partial charge in [-0.25, -0.2) is 0 Å². The second-order valence-corrected chi connectivity index (χ2v) is 7.62. The Morgan fingerprint density at radius 2 is 2.00 bits per heavy atom. The van der Waals surface area contributed by atoms with Crippen LogP contribution in [-0.4, -0.2) is 72.2 Å². The summed E-state index contributed by atoms with van der Waals surface area (Å²) in [6.07, 6.45) is 3.24. The van der Waals surface area contributed by atoms with Crippen LogP contribution in [0, 0.1) is 0 Å². The molecule has 1 aromatic rings. The lowest BCUT2D eigenvalue weighted by molar-refractivity contribution is -0.122. The van der Waals surface area contributed by atoms with Gasteiger partial charge in [-0.1, -0.05) is 25.2 Å². The molecule has 2 aliphatic heterocycles. The molecule has 0 radical (unpaired) electrons. The molecule has 0 saturated carbocycles. The molecule has 8 nitrogen and oxygen atoms in total. The van der Waals surface area contributed by atoms with Crippen LogP contribution in [0.1, 0.15) is 39.5 Å². The fraction of sp³-hybridized carbons (Fsp3) is 0.765. The first kappa shape index (κ1) is 19.0. The Morgan fingerprint density at radius 3 is 2.69 bits per heavy atom. The summed E-state index contributed by atoms with van der Waals surface area (Å²) in [5, 5.41) is 12.9. The molecule has 1 atom stereocenters. The Morgan fingerprint density at radius 1 is 1.23 bits per heavy atom. The van der Waals surface area contributed by atoms with Crippen LogP contribution in [0.5, 0.6) is 0 Å². The van der Waals surface area contributed by atoms with E-state index in [4.69, 9.17) is 0 Å². The number of anilines is 2. The second-order valence-electron chi connectivity index (χ2n) is 6.69. The van der Waals surface area contributed by atoms with Gasteiger partial charge in [0.25, 0.3) is 0 Å². The minimum absolute atomic E-state index is 0.0589. The van der Waals surface area contributed by atoms with E-state index in [0.29, 0.717) is 24.6 Å². The van der Waals surface area contributed by atoms with Crippen molar-refractivity contribution < 1.29 is 9.59 Å². The van der Waals surface area contributed by atoms with Crippen LogP contribution in [0.15, 0.2) is 0 Å². The first-order valence-electron chi connectivity index (χ1n) is 9.54. The number of nitrogens with zero attached hydrogens (tertiary/aromatic N) is 5. The highest BCUT2D eigenvalue weighted by atomic mass is 32.1. The van der Waals surface area contributed by atoms with Crippen molar-refractivity contribution in [3.8, 4) is 0 Å². The Balaban J connectivity index is 1.58. The zero-order chi connectivity index (χ0) is 18.5. The Labute approximate surface area is 158 Å². The lowest BCUT2D eigenvalue weighted by Gasteiger charge is -2.24. The van der Waals surface area contributed by atoms with Gasteiger partial charge in [0.1, 0.15) is 6.04 Å². The highest BCUT2D eigenvalue weighted by molar-refractivity contribution is 7.19. The molecule has 0 aliphatic carbocycles. The lowest BCUT2D eigenvalue weighted by atomic mass is 10.2. The number of carbonyl (C=O) groups excluding carboxylic acids is 2. The maximum Gasteiger partial charge on any atom is 0.242 e. The molecule has 0 spiro atoms. The molecule has 3 heterocycles. The van der Waals surface area contributed by atoms with Gasteiger partial charge in [-0.2, -0.15) is 0 Å². The highest BCUT2D eigenvalue weighted by Crippen LogP contribution is 2.33. The van der Waals surface area contributed by atoms with Gasteiger partial charge in [-0.05, 0) is 32.4 Å². The van der Waals surface area contributed by atoms with Crippen molar-refractivity contribution in [2.45, 2.75) is 45.6 Å². The third-order valence-corrected chi connectivity index (χ3v) is 6.11. The van der Waals surface area contributed by atoms with E-state index in [9.17, 15) is 9.59 Å². The van der Waals surface area contributed by atoms with Gasteiger partial charge < -0.3 is 15.1 Å². The molecule has 1 aromatic heterocycles. The van der Waals surface area contributed by atoms with E-state index in [0.717, 1.165) is 50.6 Å². The van der Waals surface area contributed by atoms with E-state index in [-0.39, 0.29) is 17.9 Å². The third kappa shape index (κ3) is 4.15. The Bertz CT molecular complexity index is 633. The van der Waals surface area contributed by atoms with Gasteiger partial charge in [0.15, 0.2) is 0 Å². The molecule has 0 aromatic carbocycles. The van der Waals surface area contributed by atoms with Crippen molar-refractivity contribution in [3.05, 3.63) is 0 Å². The fourth-order valence-electron chi connectivity index (χ4n) is 3.55. The topological polar surface area (TPSA) is 81.7 Å². The molecule has 26 heavy (non-hydrogen) atoms. The van der Waals surface area contributed by atoms with E-state index in [2.05, 4.69) is 34.3 Å². The van der Waals surface area contributed by atoms with Crippen LogP contribution in [0.4, 0.5) is 10.3 Å². The molecular formula is C17H28N6O2S. The van der Waals surface area contributed by atoms with Crippen molar-refractivity contribution in [3.63, 3.8) is 0 Å². The van der Waals surface area contributed by atoms with Crippen molar-refractivity contribution >= 4 is 33.4 Å². The van der Waals surface area contributed by atoms with Crippen LogP contribution in [0.2, 0.25) is 0 Å². The molecule has 1 unspecified atom stereocenters. The molecule has 2 aliphatic rings. The summed E-state index contributed by atoms with van der Waals surface area (Å²) >= 11 is 1.41. The van der Waals surface area contributed by atoms with Crippen molar-refractivity contribution in [2.75, 3.05) is 49.1 Å². The summed E-state index contributed by atoms with van der Waals surface area (Å²) in [6, 6.07) is -0.193. The molecular weight excluding hydrogens is 352 g/mol. The number of likely N-dealkylation sites (N-methyl/N-ethyl adjacent to an activating group) is 1. The third-order valence-electron chi connectivity index (χ3n) is 5.13. The normalized spacial score (nSPS) is 20.4. The van der Waals surface area contributed by atoms with Gasteiger partial charge in [0.05, 0.1) is 0 Å². The number of carbonyl (C=O) groups is 2. The van der Waals surface area contributed by atoms with Crippen LogP contribution >= 0.6 is 11.3 Å². The number of aromatic nitrogens is 2. The predicted octanol–water partition coefficient (Wildman–Crippen LogP) is 1.09. The number of hydrogen-bond acceptors (Lipinski definition) is 7. The van der Waals surface area contributed by atoms with Crippen molar-refractivity contribution in [1.82, 2.24) is 20.4 Å².